The number of methoxy groups -OCH3 is 1. The van der Waals surface area contributed by atoms with Gasteiger partial charge in [0.2, 0.25) is 10.0 Å². The van der Waals surface area contributed by atoms with Crippen LogP contribution >= 0.6 is 0 Å². The highest BCUT2D eigenvalue weighted by atomic mass is 32.2. The topological polar surface area (TPSA) is 87.1 Å². The summed E-state index contributed by atoms with van der Waals surface area (Å²) in [6, 6.07) is 15.2. The Hall–Kier alpha value is -1.93. The van der Waals surface area contributed by atoms with Gasteiger partial charge in [0.1, 0.15) is 5.75 Å². The maximum atomic E-state index is 13.9. The standard InChI is InChI=1S/C23H29NO5S/c1-23-15-19(16-7-4-3-5-8-16)24(21(23)10-6-9-20(25)22(23)26)30(27,28)18-13-11-17(29-2)12-14-18/h3-5,7-8,11-14,19-22,25-26H,6,9-10,15H2,1-2H3/t19-,20-,21-,22+,23-/m1/s1. The van der Waals surface area contributed by atoms with Crippen LogP contribution in [-0.4, -0.2) is 48.3 Å². The van der Waals surface area contributed by atoms with Crippen LogP contribution in [0.2, 0.25) is 0 Å². The molecule has 4 rings (SSSR count). The van der Waals surface area contributed by atoms with Gasteiger partial charge in [0.15, 0.2) is 0 Å². The Balaban J connectivity index is 1.84. The molecule has 6 nitrogen and oxygen atoms in total. The Morgan fingerprint density at radius 1 is 1.03 bits per heavy atom. The molecular formula is C23H29NO5S. The van der Waals surface area contributed by atoms with E-state index in [0.29, 0.717) is 31.4 Å². The zero-order valence-electron chi connectivity index (χ0n) is 17.3. The molecule has 0 unspecified atom stereocenters. The van der Waals surface area contributed by atoms with E-state index in [2.05, 4.69) is 0 Å². The predicted molar refractivity (Wildman–Crippen MR) is 114 cm³/mol. The number of aliphatic hydroxyl groups is 2. The molecule has 7 heteroatoms. The third-order valence-corrected chi connectivity index (χ3v) is 8.78. The first-order chi connectivity index (χ1) is 14.3. The molecule has 0 bridgehead atoms. The van der Waals surface area contributed by atoms with Crippen LogP contribution in [0.15, 0.2) is 59.5 Å². The summed E-state index contributed by atoms with van der Waals surface area (Å²) < 4.78 is 34.5. The zero-order valence-corrected chi connectivity index (χ0v) is 18.1. The van der Waals surface area contributed by atoms with Gasteiger partial charge in [-0.15, -0.1) is 0 Å². The molecule has 1 saturated carbocycles. The first-order valence-corrected chi connectivity index (χ1v) is 11.8. The highest BCUT2D eigenvalue weighted by molar-refractivity contribution is 7.89. The third-order valence-electron chi connectivity index (χ3n) is 6.85. The summed E-state index contributed by atoms with van der Waals surface area (Å²) in [5.41, 5.74) is 0.154. The fourth-order valence-corrected chi connectivity index (χ4v) is 7.12. The summed E-state index contributed by atoms with van der Waals surface area (Å²) in [5.74, 6) is 0.591. The van der Waals surface area contributed by atoms with E-state index in [0.717, 1.165) is 5.56 Å². The van der Waals surface area contributed by atoms with Crippen molar-refractivity contribution < 1.29 is 23.4 Å². The van der Waals surface area contributed by atoms with Gasteiger partial charge in [-0.05, 0) is 55.5 Å². The van der Waals surface area contributed by atoms with E-state index in [-0.39, 0.29) is 4.90 Å². The Labute approximate surface area is 178 Å². The van der Waals surface area contributed by atoms with Crippen molar-refractivity contribution in [2.75, 3.05) is 7.11 Å². The lowest BCUT2D eigenvalue weighted by atomic mass is 9.74. The maximum Gasteiger partial charge on any atom is 0.243 e. The largest absolute Gasteiger partial charge is 0.497 e. The quantitative estimate of drug-likeness (QED) is 0.777. The average molecular weight is 432 g/mol. The van der Waals surface area contributed by atoms with E-state index < -0.39 is 39.7 Å². The van der Waals surface area contributed by atoms with Gasteiger partial charge in [-0.1, -0.05) is 37.3 Å². The highest BCUT2D eigenvalue weighted by Crippen LogP contribution is 2.55. The summed E-state index contributed by atoms with van der Waals surface area (Å²) >= 11 is 0. The van der Waals surface area contributed by atoms with Crippen molar-refractivity contribution in [3.05, 3.63) is 60.2 Å². The molecule has 0 amide bonds. The van der Waals surface area contributed by atoms with Crippen LogP contribution in [-0.2, 0) is 10.0 Å². The summed E-state index contributed by atoms with van der Waals surface area (Å²) in [5, 5.41) is 21.4. The molecule has 2 aliphatic rings. The lowest BCUT2D eigenvalue weighted by Gasteiger charge is -2.37. The Kier molecular flexibility index (Phi) is 5.66. The van der Waals surface area contributed by atoms with E-state index in [1.807, 2.05) is 37.3 Å². The van der Waals surface area contributed by atoms with Crippen LogP contribution < -0.4 is 4.74 Å². The second kappa shape index (κ2) is 7.96. The van der Waals surface area contributed by atoms with Gasteiger partial charge in [0, 0.05) is 11.5 Å². The number of rotatable bonds is 4. The molecule has 30 heavy (non-hydrogen) atoms. The number of sulfonamides is 1. The molecule has 5 atom stereocenters. The van der Waals surface area contributed by atoms with Crippen LogP contribution in [0.25, 0.3) is 0 Å². The molecule has 162 valence electrons. The fraction of sp³-hybridized carbons (Fsp3) is 0.478. The van der Waals surface area contributed by atoms with Gasteiger partial charge in [0.05, 0.1) is 30.3 Å². The highest BCUT2D eigenvalue weighted by Gasteiger charge is 2.59. The molecule has 2 fully saturated rings. The molecule has 0 aromatic heterocycles. The smallest absolute Gasteiger partial charge is 0.243 e. The van der Waals surface area contributed by atoms with Gasteiger partial charge >= 0.3 is 0 Å². The van der Waals surface area contributed by atoms with Crippen molar-refractivity contribution in [2.45, 2.75) is 61.8 Å². The number of aliphatic hydroxyl groups excluding tert-OH is 2. The van der Waals surface area contributed by atoms with Gasteiger partial charge in [-0.2, -0.15) is 4.31 Å². The first-order valence-electron chi connectivity index (χ1n) is 10.4. The molecule has 2 aromatic carbocycles. The minimum absolute atomic E-state index is 0.202. The minimum Gasteiger partial charge on any atom is -0.497 e. The summed E-state index contributed by atoms with van der Waals surface area (Å²) in [4.78, 5) is 0.202. The molecule has 2 aromatic rings. The molecule has 0 spiro atoms. The minimum atomic E-state index is -3.84. The summed E-state index contributed by atoms with van der Waals surface area (Å²) in [6.07, 6.45) is 0.361. The molecule has 1 aliphatic carbocycles. The summed E-state index contributed by atoms with van der Waals surface area (Å²) in [6.45, 7) is 1.91. The first kappa shape index (κ1) is 21.3. The SMILES string of the molecule is COc1ccc(S(=O)(=O)N2[C@@H](c3ccccc3)C[C@@]3(C)[C@@H](O)[C@H](O)CCC[C@@H]23)cc1. The van der Waals surface area contributed by atoms with Gasteiger partial charge < -0.3 is 14.9 Å². The molecule has 2 N–H and O–H groups in total. The number of ether oxygens (including phenoxy) is 1. The van der Waals surface area contributed by atoms with Crippen molar-refractivity contribution in [3.63, 3.8) is 0 Å². The second-order valence-corrected chi connectivity index (χ2v) is 10.4. The van der Waals surface area contributed by atoms with Crippen molar-refractivity contribution in [1.29, 1.82) is 0 Å². The van der Waals surface area contributed by atoms with E-state index in [1.165, 1.54) is 0 Å². The average Bonchev–Trinajstić information content (AvgIpc) is 3.02. The normalized spacial score (nSPS) is 32.4. The number of nitrogens with zero attached hydrogens (tertiary/aromatic N) is 1. The summed E-state index contributed by atoms with van der Waals surface area (Å²) in [7, 11) is -2.30. The molecule has 0 radical (unpaired) electrons. The van der Waals surface area contributed by atoms with Gasteiger partial charge in [-0.3, -0.25) is 0 Å². The van der Waals surface area contributed by atoms with Crippen LogP contribution in [0.1, 0.15) is 44.2 Å². The number of hydrogen-bond acceptors (Lipinski definition) is 5. The van der Waals surface area contributed by atoms with E-state index in [9.17, 15) is 18.6 Å². The van der Waals surface area contributed by atoms with Crippen LogP contribution in [0.5, 0.6) is 5.75 Å². The molecular weight excluding hydrogens is 402 g/mol. The van der Waals surface area contributed by atoms with Crippen molar-refractivity contribution in [1.82, 2.24) is 4.31 Å². The Morgan fingerprint density at radius 2 is 1.70 bits per heavy atom. The maximum absolute atomic E-state index is 13.9. The van der Waals surface area contributed by atoms with Crippen molar-refractivity contribution in [2.24, 2.45) is 5.41 Å². The monoisotopic (exact) mass is 431 g/mol. The number of hydrogen-bond donors (Lipinski definition) is 2. The molecule has 1 saturated heterocycles. The second-order valence-electron chi connectivity index (χ2n) is 8.61. The van der Waals surface area contributed by atoms with E-state index in [1.54, 1.807) is 35.7 Å². The Morgan fingerprint density at radius 3 is 2.33 bits per heavy atom. The van der Waals surface area contributed by atoms with Crippen LogP contribution in [0, 0.1) is 5.41 Å². The van der Waals surface area contributed by atoms with Crippen molar-refractivity contribution >= 4 is 10.0 Å². The van der Waals surface area contributed by atoms with Gasteiger partial charge in [-0.25, -0.2) is 8.42 Å². The number of fused-ring (bicyclic) bond motifs is 1. The van der Waals surface area contributed by atoms with Crippen molar-refractivity contribution in [3.8, 4) is 5.75 Å². The fourth-order valence-electron chi connectivity index (χ4n) is 5.19. The molecule has 1 aliphatic heterocycles. The van der Waals surface area contributed by atoms with E-state index in [4.69, 9.17) is 4.74 Å². The third kappa shape index (κ3) is 3.43. The molecule has 1 heterocycles. The Bertz CT molecular complexity index is 978. The zero-order chi connectivity index (χ0) is 21.5. The number of benzene rings is 2. The van der Waals surface area contributed by atoms with Gasteiger partial charge in [0.25, 0.3) is 0 Å². The van der Waals surface area contributed by atoms with E-state index >= 15 is 0 Å². The lowest BCUT2D eigenvalue weighted by molar-refractivity contribution is -0.0594. The van der Waals surface area contributed by atoms with Crippen LogP contribution in [0.3, 0.4) is 0 Å². The predicted octanol–water partition coefficient (Wildman–Crippen LogP) is 3.11. The van der Waals surface area contributed by atoms with Crippen LogP contribution in [0.4, 0.5) is 0 Å². The lowest BCUT2D eigenvalue weighted by Crippen LogP contribution is -2.48.